The van der Waals surface area contributed by atoms with Gasteiger partial charge in [0.2, 0.25) is 0 Å². The lowest BCUT2D eigenvalue weighted by molar-refractivity contribution is 0.150. The lowest BCUT2D eigenvalue weighted by atomic mass is 10.1. The summed E-state index contributed by atoms with van der Waals surface area (Å²) in [6.45, 7) is 3.77. The normalized spacial score (nSPS) is 13.8. The summed E-state index contributed by atoms with van der Waals surface area (Å²) in [5.74, 6) is 2.93. The molecule has 0 aliphatic rings. The van der Waals surface area contributed by atoms with E-state index < -0.39 is 0 Å². The number of nitrogens with two attached hydrogens (primary N) is 1. The van der Waals surface area contributed by atoms with Crippen LogP contribution in [0, 0.1) is 6.92 Å². The maximum absolute atomic E-state index is 6.04. The number of benzene rings is 1. The van der Waals surface area contributed by atoms with Gasteiger partial charge in [-0.3, -0.25) is 0 Å². The third kappa shape index (κ3) is 3.81. The van der Waals surface area contributed by atoms with Crippen LogP contribution in [-0.2, 0) is 0 Å². The smallest absolute Gasteiger partial charge is 0.171 e. The van der Waals surface area contributed by atoms with Crippen LogP contribution in [0.15, 0.2) is 37.6 Å². The first-order valence-electron chi connectivity index (χ1n) is 6.44. The zero-order valence-electron chi connectivity index (χ0n) is 12.0. The monoisotopic (exact) mass is 417 g/mol. The minimum Gasteiger partial charge on any atom is -0.496 e. The van der Waals surface area contributed by atoms with Gasteiger partial charge < -0.3 is 19.6 Å². The zero-order valence-corrected chi connectivity index (χ0v) is 15.2. The van der Waals surface area contributed by atoms with E-state index in [-0.39, 0.29) is 12.1 Å². The van der Waals surface area contributed by atoms with Crippen LogP contribution >= 0.6 is 31.9 Å². The fourth-order valence-electron chi connectivity index (χ4n) is 1.92. The first-order valence-corrected chi connectivity index (χ1v) is 8.02. The topological polar surface area (TPSA) is 57.6 Å². The average Bonchev–Trinajstić information content (AvgIpc) is 2.85. The zero-order chi connectivity index (χ0) is 15.6. The maximum Gasteiger partial charge on any atom is 0.171 e. The highest BCUT2D eigenvalue weighted by atomic mass is 79.9. The summed E-state index contributed by atoms with van der Waals surface area (Å²) < 4.78 is 18.5. The van der Waals surface area contributed by atoms with E-state index in [1.54, 1.807) is 7.11 Å². The lowest BCUT2D eigenvalue weighted by Gasteiger charge is -2.22. The minimum atomic E-state index is -0.365. The Morgan fingerprint density at radius 2 is 1.76 bits per heavy atom. The van der Waals surface area contributed by atoms with E-state index in [1.807, 2.05) is 38.1 Å². The predicted octanol–water partition coefficient (Wildman–Crippen LogP) is 4.59. The Hall–Kier alpha value is -0.980. The highest BCUT2D eigenvalue weighted by Crippen LogP contribution is 2.38. The Balaban J connectivity index is 2.31. The van der Waals surface area contributed by atoms with Crippen LogP contribution in [0.4, 0.5) is 0 Å². The van der Waals surface area contributed by atoms with E-state index in [9.17, 15) is 0 Å². The van der Waals surface area contributed by atoms with Gasteiger partial charge in [-0.25, -0.2) is 0 Å². The molecule has 6 heteroatoms. The van der Waals surface area contributed by atoms with Crippen molar-refractivity contribution in [3.63, 3.8) is 0 Å². The molecule has 2 N–H and O–H groups in total. The number of ether oxygens (including phenoxy) is 2. The molecule has 0 bridgehead atoms. The highest BCUT2D eigenvalue weighted by Gasteiger charge is 2.23. The van der Waals surface area contributed by atoms with Crippen LogP contribution in [0.2, 0.25) is 0 Å². The Morgan fingerprint density at radius 3 is 2.29 bits per heavy atom. The first kappa shape index (κ1) is 16.4. The summed E-state index contributed by atoms with van der Waals surface area (Å²) in [4.78, 5) is 0. The molecule has 1 heterocycles. The summed E-state index contributed by atoms with van der Waals surface area (Å²) in [7, 11) is 1.61. The van der Waals surface area contributed by atoms with E-state index in [0.29, 0.717) is 11.5 Å². The molecule has 0 spiro atoms. The first-order chi connectivity index (χ1) is 9.92. The number of rotatable bonds is 5. The van der Waals surface area contributed by atoms with Crippen molar-refractivity contribution in [2.45, 2.75) is 26.0 Å². The molecule has 0 saturated heterocycles. The molecule has 2 aromatic rings. The van der Waals surface area contributed by atoms with Gasteiger partial charge in [-0.1, -0.05) is 0 Å². The Kier molecular flexibility index (Phi) is 5.35. The van der Waals surface area contributed by atoms with Crippen molar-refractivity contribution in [2.75, 3.05) is 7.11 Å². The van der Waals surface area contributed by atoms with Gasteiger partial charge in [0, 0.05) is 6.04 Å². The molecule has 2 atom stereocenters. The van der Waals surface area contributed by atoms with Gasteiger partial charge in [0.1, 0.15) is 23.0 Å². The third-order valence-corrected chi connectivity index (χ3v) is 4.22. The van der Waals surface area contributed by atoms with Crippen molar-refractivity contribution in [1.29, 1.82) is 0 Å². The molecule has 114 valence electrons. The molecule has 0 radical (unpaired) electrons. The van der Waals surface area contributed by atoms with Crippen LogP contribution in [0.3, 0.4) is 0 Å². The molecule has 1 aromatic heterocycles. The molecule has 4 nitrogen and oxygen atoms in total. The molecule has 2 unspecified atom stereocenters. The van der Waals surface area contributed by atoms with Crippen molar-refractivity contribution in [3.05, 3.63) is 44.7 Å². The second-order valence-electron chi connectivity index (χ2n) is 4.76. The number of aryl methyl sites for hydroxylation is 1. The van der Waals surface area contributed by atoms with Gasteiger partial charge in [-0.05, 0) is 70.0 Å². The van der Waals surface area contributed by atoms with Crippen molar-refractivity contribution in [2.24, 2.45) is 5.73 Å². The summed E-state index contributed by atoms with van der Waals surface area (Å²) in [6, 6.07) is 7.24. The van der Waals surface area contributed by atoms with Crippen molar-refractivity contribution < 1.29 is 13.9 Å². The standard InChI is InChI=1S/C15H17Br2NO3/c1-8-4-5-12(20-8)15(9(2)18)21-14-7-10(16)13(19-3)6-11(14)17/h4-7,9,15H,18H2,1-3H3. The largest absolute Gasteiger partial charge is 0.496 e. The molecule has 1 aromatic carbocycles. The molecule has 2 rings (SSSR count). The van der Waals surface area contributed by atoms with Crippen molar-refractivity contribution in [3.8, 4) is 11.5 Å². The molecule has 0 saturated carbocycles. The Morgan fingerprint density at radius 1 is 1.14 bits per heavy atom. The quantitative estimate of drug-likeness (QED) is 0.771. The molecule has 0 fully saturated rings. The predicted molar refractivity (Wildman–Crippen MR) is 88.9 cm³/mol. The summed E-state index contributed by atoms with van der Waals surface area (Å²) >= 11 is 6.93. The second kappa shape index (κ2) is 6.85. The highest BCUT2D eigenvalue weighted by molar-refractivity contribution is 9.11. The van der Waals surface area contributed by atoms with Crippen LogP contribution in [0.1, 0.15) is 24.5 Å². The number of halogens is 2. The minimum absolute atomic E-state index is 0.219. The van der Waals surface area contributed by atoms with E-state index in [0.717, 1.165) is 20.5 Å². The van der Waals surface area contributed by atoms with Crippen molar-refractivity contribution in [1.82, 2.24) is 0 Å². The number of furan rings is 1. The number of methoxy groups -OCH3 is 1. The molecule has 0 aliphatic heterocycles. The summed E-state index contributed by atoms with van der Waals surface area (Å²) in [5, 5.41) is 0. The van der Waals surface area contributed by atoms with E-state index in [2.05, 4.69) is 31.9 Å². The van der Waals surface area contributed by atoms with Crippen molar-refractivity contribution >= 4 is 31.9 Å². The second-order valence-corrected chi connectivity index (χ2v) is 6.47. The van der Waals surface area contributed by atoms with E-state index in [4.69, 9.17) is 19.6 Å². The molecule has 0 aliphatic carbocycles. The third-order valence-electron chi connectivity index (χ3n) is 2.98. The van der Waals surface area contributed by atoms with Gasteiger partial charge in [-0.15, -0.1) is 0 Å². The van der Waals surface area contributed by atoms with Crippen LogP contribution in [-0.4, -0.2) is 13.2 Å². The van der Waals surface area contributed by atoms with Gasteiger partial charge in [0.25, 0.3) is 0 Å². The molecular formula is C15H17Br2NO3. The fourth-order valence-corrected chi connectivity index (χ4v) is 2.82. The van der Waals surface area contributed by atoms with Gasteiger partial charge in [0.05, 0.1) is 16.1 Å². The summed E-state index contributed by atoms with van der Waals surface area (Å²) in [6.07, 6.45) is -0.365. The fraction of sp³-hybridized carbons (Fsp3) is 0.333. The Labute approximate surface area is 140 Å². The average molecular weight is 419 g/mol. The van der Waals surface area contributed by atoms with Gasteiger partial charge in [0.15, 0.2) is 6.10 Å². The van der Waals surface area contributed by atoms with Crippen LogP contribution in [0.25, 0.3) is 0 Å². The SMILES string of the molecule is COc1cc(Br)c(OC(c2ccc(C)o2)C(C)N)cc1Br. The maximum atomic E-state index is 6.04. The van der Waals surface area contributed by atoms with Crippen LogP contribution in [0.5, 0.6) is 11.5 Å². The van der Waals surface area contributed by atoms with Gasteiger partial charge >= 0.3 is 0 Å². The molecule has 0 amide bonds. The van der Waals surface area contributed by atoms with E-state index in [1.165, 1.54) is 0 Å². The lowest BCUT2D eigenvalue weighted by Crippen LogP contribution is -2.28. The summed E-state index contributed by atoms with van der Waals surface area (Å²) in [5.41, 5.74) is 6.03. The van der Waals surface area contributed by atoms with E-state index >= 15 is 0 Å². The van der Waals surface area contributed by atoms with Gasteiger partial charge in [-0.2, -0.15) is 0 Å². The van der Waals surface area contributed by atoms with Crippen LogP contribution < -0.4 is 15.2 Å². The molecular weight excluding hydrogens is 402 g/mol. The number of hydrogen-bond donors (Lipinski definition) is 1. The Bertz CT molecular complexity index is 625. The number of hydrogen-bond acceptors (Lipinski definition) is 4. The molecule has 21 heavy (non-hydrogen) atoms.